The molecular formula is C8H5BrO5. The number of benzene rings is 1. The van der Waals surface area contributed by atoms with Gasteiger partial charge in [0.15, 0.2) is 11.5 Å². The highest BCUT2D eigenvalue weighted by atomic mass is 79.9. The fraction of sp³-hybridized carbons (Fsp3) is 0.125. The van der Waals surface area contributed by atoms with Gasteiger partial charge in [0.05, 0.1) is 0 Å². The van der Waals surface area contributed by atoms with Gasteiger partial charge in [-0.25, -0.2) is 4.79 Å². The molecule has 0 bridgehead atoms. The smallest absolute Gasteiger partial charge is 0.339 e. The van der Waals surface area contributed by atoms with E-state index in [4.69, 9.17) is 14.6 Å². The Morgan fingerprint density at radius 2 is 2.21 bits per heavy atom. The van der Waals surface area contributed by atoms with Gasteiger partial charge < -0.3 is 19.7 Å². The molecule has 74 valence electrons. The summed E-state index contributed by atoms with van der Waals surface area (Å²) in [6.45, 7) is 0.0243. The van der Waals surface area contributed by atoms with Crippen molar-refractivity contribution in [1.82, 2.24) is 0 Å². The van der Waals surface area contributed by atoms with E-state index in [0.717, 1.165) is 0 Å². The second kappa shape index (κ2) is 3.06. The van der Waals surface area contributed by atoms with Crippen molar-refractivity contribution < 1.29 is 24.5 Å². The zero-order chi connectivity index (χ0) is 10.3. The van der Waals surface area contributed by atoms with Crippen molar-refractivity contribution >= 4 is 21.9 Å². The number of rotatable bonds is 1. The minimum Gasteiger partial charge on any atom is -0.506 e. The molecule has 2 N–H and O–H groups in total. The highest BCUT2D eigenvalue weighted by Gasteiger charge is 2.25. The molecule has 1 aliphatic rings. The summed E-state index contributed by atoms with van der Waals surface area (Å²) < 4.78 is 10.2. The van der Waals surface area contributed by atoms with Crippen LogP contribution in [-0.4, -0.2) is 23.0 Å². The number of aromatic carboxylic acids is 1. The van der Waals surface area contributed by atoms with Crippen LogP contribution in [0.25, 0.3) is 0 Å². The molecule has 0 radical (unpaired) electrons. The SMILES string of the molecule is O=C(O)c1cc2c(c(Br)c1O)OCO2. The zero-order valence-corrected chi connectivity index (χ0v) is 8.37. The molecule has 1 aromatic rings. The maximum Gasteiger partial charge on any atom is 0.339 e. The van der Waals surface area contributed by atoms with Crippen molar-refractivity contribution in [3.05, 3.63) is 16.1 Å². The van der Waals surface area contributed by atoms with Crippen molar-refractivity contribution in [2.75, 3.05) is 6.79 Å². The Hall–Kier alpha value is -1.43. The molecule has 0 aliphatic carbocycles. The Morgan fingerprint density at radius 1 is 1.50 bits per heavy atom. The monoisotopic (exact) mass is 260 g/mol. The molecule has 1 aromatic carbocycles. The molecule has 1 heterocycles. The molecule has 1 aliphatic heterocycles. The predicted octanol–water partition coefficient (Wildman–Crippen LogP) is 1.58. The van der Waals surface area contributed by atoms with Crippen LogP contribution in [-0.2, 0) is 0 Å². The van der Waals surface area contributed by atoms with Crippen LogP contribution >= 0.6 is 15.9 Å². The van der Waals surface area contributed by atoms with Crippen LogP contribution < -0.4 is 9.47 Å². The van der Waals surface area contributed by atoms with Gasteiger partial charge in [-0.3, -0.25) is 0 Å². The predicted molar refractivity (Wildman–Crippen MR) is 48.9 cm³/mol. The summed E-state index contributed by atoms with van der Waals surface area (Å²) in [5.74, 6) is -0.942. The lowest BCUT2D eigenvalue weighted by molar-refractivity contribution is 0.0693. The number of carbonyl (C=O) groups is 1. The molecule has 0 unspecified atom stereocenters. The summed E-state index contributed by atoms with van der Waals surface area (Å²) in [5, 5.41) is 18.2. The van der Waals surface area contributed by atoms with Crippen LogP contribution in [0.15, 0.2) is 10.5 Å². The number of ether oxygens (including phenoxy) is 2. The van der Waals surface area contributed by atoms with Crippen molar-refractivity contribution in [2.24, 2.45) is 0 Å². The summed E-state index contributed by atoms with van der Waals surface area (Å²) in [4.78, 5) is 10.7. The van der Waals surface area contributed by atoms with E-state index in [9.17, 15) is 9.90 Å². The maximum absolute atomic E-state index is 10.7. The first-order valence-electron chi connectivity index (χ1n) is 3.65. The molecule has 5 nitrogen and oxygen atoms in total. The second-order valence-electron chi connectivity index (χ2n) is 2.63. The second-order valence-corrected chi connectivity index (χ2v) is 3.42. The van der Waals surface area contributed by atoms with Crippen LogP contribution in [0.2, 0.25) is 0 Å². The van der Waals surface area contributed by atoms with Crippen LogP contribution in [0.4, 0.5) is 0 Å². The molecule has 2 rings (SSSR count). The Bertz CT molecular complexity index is 415. The van der Waals surface area contributed by atoms with E-state index in [1.54, 1.807) is 0 Å². The minimum atomic E-state index is -1.22. The molecule has 0 aromatic heterocycles. The van der Waals surface area contributed by atoms with Crippen molar-refractivity contribution in [1.29, 1.82) is 0 Å². The largest absolute Gasteiger partial charge is 0.506 e. The average Bonchev–Trinajstić information content (AvgIpc) is 2.58. The highest BCUT2D eigenvalue weighted by Crippen LogP contribution is 2.45. The molecule has 0 amide bonds. The maximum atomic E-state index is 10.7. The molecule has 0 fully saturated rings. The summed E-state index contributed by atoms with van der Waals surface area (Å²) >= 11 is 3.03. The van der Waals surface area contributed by atoms with E-state index in [1.807, 2.05) is 0 Å². The van der Waals surface area contributed by atoms with Crippen molar-refractivity contribution in [2.45, 2.75) is 0 Å². The van der Waals surface area contributed by atoms with E-state index >= 15 is 0 Å². The molecule has 0 saturated carbocycles. The molecule has 0 atom stereocenters. The van der Waals surface area contributed by atoms with Crippen LogP contribution in [0, 0.1) is 0 Å². The van der Waals surface area contributed by atoms with Gasteiger partial charge in [-0.1, -0.05) is 0 Å². The average molecular weight is 261 g/mol. The van der Waals surface area contributed by atoms with Crippen molar-refractivity contribution in [3.8, 4) is 17.2 Å². The number of aromatic hydroxyl groups is 1. The fourth-order valence-electron chi connectivity index (χ4n) is 1.16. The number of hydrogen-bond donors (Lipinski definition) is 2. The van der Waals surface area contributed by atoms with E-state index in [-0.39, 0.29) is 22.6 Å². The van der Waals surface area contributed by atoms with E-state index < -0.39 is 5.97 Å². The molecule has 14 heavy (non-hydrogen) atoms. The molecule has 6 heteroatoms. The first-order chi connectivity index (χ1) is 6.61. The van der Waals surface area contributed by atoms with Gasteiger partial charge in [-0.2, -0.15) is 0 Å². The number of fused-ring (bicyclic) bond motifs is 1. The topological polar surface area (TPSA) is 76.0 Å². The number of phenols is 1. The Morgan fingerprint density at radius 3 is 2.86 bits per heavy atom. The Kier molecular flexibility index (Phi) is 1.99. The van der Waals surface area contributed by atoms with Gasteiger partial charge in [-0.15, -0.1) is 0 Å². The zero-order valence-electron chi connectivity index (χ0n) is 6.78. The summed E-state index contributed by atoms with van der Waals surface area (Å²) in [6, 6.07) is 1.23. The number of hydrogen-bond acceptors (Lipinski definition) is 4. The van der Waals surface area contributed by atoms with E-state index in [2.05, 4.69) is 15.9 Å². The first kappa shape index (κ1) is 9.14. The third-order valence-corrected chi connectivity index (χ3v) is 2.55. The van der Waals surface area contributed by atoms with Crippen LogP contribution in [0.3, 0.4) is 0 Å². The Labute approximate surface area is 87.0 Å². The lowest BCUT2D eigenvalue weighted by Gasteiger charge is -2.04. The lowest BCUT2D eigenvalue weighted by atomic mass is 10.2. The summed E-state index contributed by atoms with van der Waals surface area (Å²) in [7, 11) is 0. The number of halogens is 1. The number of carboxylic acid groups (broad SMARTS) is 1. The lowest BCUT2D eigenvalue weighted by Crippen LogP contribution is -1.97. The van der Waals surface area contributed by atoms with Crippen molar-refractivity contribution in [3.63, 3.8) is 0 Å². The molecular weight excluding hydrogens is 256 g/mol. The minimum absolute atomic E-state index is 0.0243. The Balaban J connectivity index is 2.67. The molecule has 0 saturated heterocycles. The van der Waals surface area contributed by atoms with Gasteiger partial charge in [0, 0.05) is 6.07 Å². The van der Waals surface area contributed by atoms with Gasteiger partial charge in [0.2, 0.25) is 6.79 Å². The van der Waals surface area contributed by atoms with Gasteiger partial charge in [0.1, 0.15) is 15.8 Å². The summed E-state index contributed by atoms with van der Waals surface area (Å²) in [6.07, 6.45) is 0. The third kappa shape index (κ3) is 1.19. The fourth-order valence-corrected chi connectivity index (χ4v) is 1.68. The van der Waals surface area contributed by atoms with Crippen LogP contribution in [0.5, 0.6) is 17.2 Å². The van der Waals surface area contributed by atoms with Gasteiger partial charge >= 0.3 is 5.97 Å². The first-order valence-corrected chi connectivity index (χ1v) is 4.45. The summed E-state index contributed by atoms with van der Waals surface area (Å²) in [5.41, 5.74) is -0.221. The van der Waals surface area contributed by atoms with Gasteiger partial charge in [0.25, 0.3) is 0 Å². The highest BCUT2D eigenvalue weighted by molar-refractivity contribution is 9.10. The molecule has 0 spiro atoms. The van der Waals surface area contributed by atoms with Crippen LogP contribution in [0.1, 0.15) is 10.4 Å². The van der Waals surface area contributed by atoms with Gasteiger partial charge in [-0.05, 0) is 15.9 Å². The van der Waals surface area contributed by atoms with E-state index in [1.165, 1.54) is 6.07 Å². The number of carboxylic acids is 1. The van der Waals surface area contributed by atoms with E-state index in [0.29, 0.717) is 11.5 Å². The standard InChI is InChI=1S/C8H5BrO5/c9-5-6(10)3(8(11)12)1-4-7(5)14-2-13-4/h1,10H,2H2,(H,11,12). The quantitative estimate of drug-likeness (QED) is 0.802. The third-order valence-electron chi connectivity index (χ3n) is 1.81. The normalized spacial score (nSPS) is 12.9.